The monoisotopic (exact) mass is 349 g/mol. The van der Waals surface area contributed by atoms with E-state index in [-0.39, 0.29) is 5.60 Å². The van der Waals surface area contributed by atoms with Crippen LogP contribution in [0.15, 0.2) is 24.3 Å². The van der Waals surface area contributed by atoms with Crippen LogP contribution in [-0.2, 0) is 4.74 Å². The third kappa shape index (κ3) is 4.87. The van der Waals surface area contributed by atoms with Crippen LogP contribution in [0, 0.1) is 0 Å². The minimum atomic E-state index is -0.566. The van der Waals surface area contributed by atoms with Gasteiger partial charge in [-0.3, -0.25) is 0 Å². The van der Waals surface area contributed by atoms with E-state index >= 15 is 0 Å². The molecule has 0 amide bonds. The minimum absolute atomic E-state index is 0.105. The number of hydrogen-bond acceptors (Lipinski definition) is 5. The van der Waals surface area contributed by atoms with E-state index in [4.69, 9.17) is 14.2 Å². The molecule has 25 heavy (non-hydrogen) atoms. The van der Waals surface area contributed by atoms with Crippen LogP contribution in [0.3, 0.4) is 0 Å². The van der Waals surface area contributed by atoms with E-state index in [1.807, 2.05) is 31.2 Å². The minimum Gasteiger partial charge on any atom is -0.493 e. The zero-order valence-electron chi connectivity index (χ0n) is 15.5. The van der Waals surface area contributed by atoms with Crippen molar-refractivity contribution in [3.8, 4) is 11.5 Å². The lowest BCUT2D eigenvalue weighted by Crippen LogP contribution is -2.53. The molecule has 0 radical (unpaired) electrons. The van der Waals surface area contributed by atoms with Crippen molar-refractivity contribution >= 4 is 0 Å². The van der Waals surface area contributed by atoms with E-state index in [0.29, 0.717) is 13.2 Å². The Morgan fingerprint density at radius 1 is 1.16 bits per heavy atom. The van der Waals surface area contributed by atoms with E-state index in [1.54, 1.807) is 7.11 Å². The molecular formula is C20H31NO4. The van der Waals surface area contributed by atoms with Gasteiger partial charge in [-0.2, -0.15) is 0 Å². The van der Waals surface area contributed by atoms with Crippen molar-refractivity contribution < 1.29 is 19.3 Å². The molecule has 140 valence electrons. The van der Waals surface area contributed by atoms with Crippen LogP contribution in [0.4, 0.5) is 0 Å². The smallest absolute Gasteiger partial charge is 0.161 e. The van der Waals surface area contributed by atoms with E-state index in [2.05, 4.69) is 4.90 Å². The molecule has 0 bridgehead atoms. The van der Waals surface area contributed by atoms with Gasteiger partial charge in [0.2, 0.25) is 0 Å². The summed E-state index contributed by atoms with van der Waals surface area (Å²) < 4.78 is 17.2. The van der Waals surface area contributed by atoms with Gasteiger partial charge in [-0.05, 0) is 44.7 Å². The normalized spacial score (nSPS) is 26.5. The number of para-hydroxylation sites is 2. The Morgan fingerprint density at radius 2 is 1.88 bits per heavy atom. The highest BCUT2D eigenvalue weighted by Gasteiger charge is 2.44. The maximum atomic E-state index is 10.4. The fourth-order valence-corrected chi connectivity index (χ4v) is 4.03. The van der Waals surface area contributed by atoms with Gasteiger partial charge in [-0.25, -0.2) is 0 Å². The third-order valence-electron chi connectivity index (χ3n) is 5.46. The largest absolute Gasteiger partial charge is 0.493 e. The second-order valence-corrected chi connectivity index (χ2v) is 7.65. The summed E-state index contributed by atoms with van der Waals surface area (Å²) in [5, 5.41) is 10.4. The van der Waals surface area contributed by atoms with E-state index in [9.17, 15) is 5.11 Å². The van der Waals surface area contributed by atoms with Gasteiger partial charge in [0.25, 0.3) is 0 Å². The van der Waals surface area contributed by atoms with Crippen molar-refractivity contribution in [2.45, 2.75) is 50.2 Å². The standard InChI is InChI=1S/C20H31NO4/c1-19(22)10-15-25-20(16-19)8-12-21(13-9-20)11-5-14-24-18-7-4-3-6-17(18)23-2/h3-4,6-7,22H,5,8-16H2,1-2H3. The van der Waals surface area contributed by atoms with Gasteiger partial charge >= 0.3 is 0 Å². The maximum Gasteiger partial charge on any atom is 0.161 e. The summed E-state index contributed by atoms with van der Waals surface area (Å²) in [4.78, 5) is 2.48. The highest BCUT2D eigenvalue weighted by Crippen LogP contribution is 2.39. The van der Waals surface area contributed by atoms with Gasteiger partial charge in [0.1, 0.15) is 0 Å². The number of aliphatic hydroxyl groups is 1. The number of ether oxygens (including phenoxy) is 3. The number of rotatable bonds is 6. The molecule has 2 heterocycles. The van der Waals surface area contributed by atoms with Crippen LogP contribution < -0.4 is 9.47 Å². The van der Waals surface area contributed by atoms with Gasteiger partial charge in [0.05, 0.1) is 31.5 Å². The Morgan fingerprint density at radius 3 is 2.56 bits per heavy atom. The summed E-state index contributed by atoms with van der Waals surface area (Å²) in [7, 11) is 1.66. The topological polar surface area (TPSA) is 51.2 Å². The lowest BCUT2D eigenvalue weighted by molar-refractivity contribution is -0.172. The zero-order chi connectivity index (χ0) is 17.8. The highest BCUT2D eigenvalue weighted by molar-refractivity contribution is 5.39. The van der Waals surface area contributed by atoms with E-state index < -0.39 is 5.60 Å². The lowest BCUT2D eigenvalue weighted by atomic mass is 9.78. The first-order valence-electron chi connectivity index (χ1n) is 9.37. The molecule has 1 aromatic rings. The molecule has 0 saturated carbocycles. The predicted molar refractivity (Wildman–Crippen MR) is 97.3 cm³/mol. The van der Waals surface area contributed by atoms with Gasteiger partial charge in [-0.1, -0.05) is 12.1 Å². The molecule has 5 heteroatoms. The molecule has 1 unspecified atom stereocenters. The van der Waals surface area contributed by atoms with Gasteiger partial charge < -0.3 is 24.2 Å². The first kappa shape index (κ1) is 18.5. The fraction of sp³-hybridized carbons (Fsp3) is 0.700. The Kier molecular flexibility index (Phi) is 5.87. The molecule has 5 nitrogen and oxygen atoms in total. The van der Waals surface area contributed by atoms with Crippen molar-refractivity contribution in [1.29, 1.82) is 0 Å². The molecule has 2 aliphatic rings. The molecule has 1 aromatic carbocycles. The van der Waals surface area contributed by atoms with Crippen LogP contribution in [0.1, 0.15) is 39.0 Å². The third-order valence-corrected chi connectivity index (χ3v) is 5.46. The number of piperidine rings is 1. The summed E-state index contributed by atoms with van der Waals surface area (Å²) in [6.45, 7) is 6.41. The number of hydrogen-bond donors (Lipinski definition) is 1. The number of nitrogens with zero attached hydrogens (tertiary/aromatic N) is 1. The molecule has 2 fully saturated rings. The summed E-state index contributed by atoms with van der Waals surface area (Å²) >= 11 is 0. The number of methoxy groups -OCH3 is 1. The Bertz CT molecular complexity index is 552. The van der Waals surface area contributed by atoms with Crippen LogP contribution in [-0.4, -0.2) is 61.2 Å². The first-order chi connectivity index (χ1) is 12.0. The van der Waals surface area contributed by atoms with E-state index in [0.717, 1.165) is 63.2 Å². The molecule has 0 aliphatic carbocycles. The van der Waals surface area contributed by atoms with Gasteiger partial charge in [-0.15, -0.1) is 0 Å². The Labute approximate surface area is 150 Å². The second kappa shape index (κ2) is 7.94. The van der Waals surface area contributed by atoms with Crippen molar-refractivity contribution in [1.82, 2.24) is 4.90 Å². The Hall–Kier alpha value is -1.30. The van der Waals surface area contributed by atoms with Gasteiger partial charge in [0, 0.05) is 26.1 Å². The molecule has 3 rings (SSSR count). The van der Waals surface area contributed by atoms with Crippen LogP contribution in [0.5, 0.6) is 11.5 Å². The Balaban J connectivity index is 1.38. The summed E-state index contributed by atoms with van der Waals surface area (Å²) in [5.41, 5.74) is -0.671. The molecule has 2 saturated heterocycles. The molecule has 0 aromatic heterocycles. The molecule has 1 N–H and O–H groups in total. The maximum absolute atomic E-state index is 10.4. The molecule has 1 atom stereocenters. The summed E-state index contributed by atoms with van der Waals surface area (Å²) in [6.07, 6.45) is 4.53. The van der Waals surface area contributed by atoms with E-state index in [1.165, 1.54) is 0 Å². The quantitative estimate of drug-likeness (QED) is 0.801. The molecule has 1 spiro atoms. The first-order valence-corrected chi connectivity index (χ1v) is 9.37. The summed E-state index contributed by atoms with van der Waals surface area (Å²) in [5.74, 6) is 1.59. The molecular weight excluding hydrogens is 318 g/mol. The average Bonchev–Trinajstić information content (AvgIpc) is 2.60. The highest BCUT2D eigenvalue weighted by atomic mass is 16.5. The van der Waals surface area contributed by atoms with Crippen molar-refractivity contribution in [3.05, 3.63) is 24.3 Å². The van der Waals surface area contributed by atoms with Crippen molar-refractivity contribution in [2.75, 3.05) is 40.0 Å². The van der Waals surface area contributed by atoms with Crippen LogP contribution in [0.25, 0.3) is 0 Å². The second-order valence-electron chi connectivity index (χ2n) is 7.65. The zero-order valence-corrected chi connectivity index (χ0v) is 15.5. The average molecular weight is 349 g/mol. The summed E-state index contributed by atoms with van der Waals surface area (Å²) in [6, 6.07) is 7.76. The molecule has 2 aliphatic heterocycles. The lowest BCUT2D eigenvalue weighted by Gasteiger charge is -2.48. The SMILES string of the molecule is COc1ccccc1OCCCN1CCC2(CC1)CC(C)(O)CCO2. The predicted octanol–water partition coefficient (Wildman–Crippen LogP) is 2.86. The fourth-order valence-electron chi connectivity index (χ4n) is 4.03. The van der Waals surface area contributed by atoms with Gasteiger partial charge in [0.15, 0.2) is 11.5 Å². The van der Waals surface area contributed by atoms with Crippen molar-refractivity contribution in [2.24, 2.45) is 0 Å². The number of benzene rings is 1. The van der Waals surface area contributed by atoms with Crippen LogP contribution in [0.2, 0.25) is 0 Å². The van der Waals surface area contributed by atoms with Crippen molar-refractivity contribution in [3.63, 3.8) is 0 Å². The number of likely N-dealkylation sites (tertiary alicyclic amines) is 1. The van der Waals surface area contributed by atoms with Crippen LogP contribution >= 0.6 is 0 Å².